The molecule has 3 atom stereocenters. The molecule has 1 aliphatic carbocycles. The molecule has 2 unspecified atom stereocenters. The molecule has 2 aliphatic rings. The molecular formula is C33H43N7O2. The number of aromatic nitrogens is 1. The maximum absolute atomic E-state index is 13.1. The molecule has 5 rings (SSSR count). The van der Waals surface area contributed by atoms with Crippen molar-refractivity contribution in [3.63, 3.8) is 0 Å². The summed E-state index contributed by atoms with van der Waals surface area (Å²) in [4.78, 5) is 15.3. The van der Waals surface area contributed by atoms with Crippen molar-refractivity contribution < 1.29 is 9.53 Å². The second-order valence-electron chi connectivity index (χ2n) is 12.8. The van der Waals surface area contributed by atoms with E-state index >= 15 is 0 Å². The highest BCUT2D eigenvalue weighted by atomic mass is 16.5. The van der Waals surface area contributed by atoms with Crippen molar-refractivity contribution >= 4 is 23.2 Å². The maximum atomic E-state index is 13.1. The van der Waals surface area contributed by atoms with Gasteiger partial charge in [-0.3, -0.25) is 20.3 Å². The van der Waals surface area contributed by atoms with E-state index in [1.807, 2.05) is 43.4 Å². The minimum atomic E-state index is -0.421. The van der Waals surface area contributed by atoms with Crippen molar-refractivity contribution in [2.45, 2.75) is 76.5 Å². The summed E-state index contributed by atoms with van der Waals surface area (Å²) in [6, 6.07) is 16.7. The molecule has 0 saturated carbocycles. The lowest BCUT2D eigenvalue weighted by Crippen LogP contribution is -2.50. The third kappa shape index (κ3) is 5.92. The quantitative estimate of drug-likeness (QED) is 0.148. The van der Waals surface area contributed by atoms with E-state index in [0.29, 0.717) is 35.8 Å². The Morgan fingerprint density at radius 2 is 1.83 bits per heavy atom. The number of rotatable bonds is 5. The molecule has 3 aromatic rings. The van der Waals surface area contributed by atoms with E-state index in [2.05, 4.69) is 43.2 Å². The van der Waals surface area contributed by atoms with Crippen LogP contribution in [0.1, 0.15) is 82.2 Å². The fourth-order valence-corrected chi connectivity index (χ4v) is 6.06. The molecule has 222 valence electrons. The van der Waals surface area contributed by atoms with E-state index in [1.54, 1.807) is 29.0 Å². The van der Waals surface area contributed by atoms with E-state index in [0.717, 1.165) is 36.1 Å². The number of hydrogen-bond acceptors (Lipinski definition) is 6. The first kappa shape index (κ1) is 29.4. The van der Waals surface area contributed by atoms with Crippen LogP contribution in [0.5, 0.6) is 5.75 Å². The first-order chi connectivity index (χ1) is 19.8. The Morgan fingerprint density at radius 1 is 1.10 bits per heavy atom. The average molecular weight is 570 g/mol. The van der Waals surface area contributed by atoms with Crippen molar-refractivity contribution in [1.82, 2.24) is 14.8 Å². The van der Waals surface area contributed by atoms with Crippen LogP contribution in [0.4, 0.5) is 16.2 Å². The Labute approximate surface area is 248 Å². The number of ether oxygens (including phenoxy) is 1. The molecule has 2 aromatic carbocycles. The molecule has 0 spiro atoms. The summed E-state index contributed by atoms with van der Waals surface area (Å²) in [5, 5.41) is 23.5. The van der Waals surface area contributed by atoms with Crippen LogP contribution in [0.15, 0.2) is 60.8 Å². The molecule has 6 N–H and O–H groups in total. The number of amides is 2. The molecule has 1 aliphatic heterocycles. The smallest absolute Gasteiger partial charge is 0.319 e. The summed E-state index contributed by atoms with van der Waals surface area (Å²) in [5.74, 6) is 0.993. The summed E-state index contributed by atoms with van der Waals surface area (Å²) in [6.07, 6.45) is 4.87. The van der Waals surface area contributed by atoms with Gasteiger partial charge in [0.25, 0.3) is 0 Å². The molecule has 1 saturated heterocycles. The minimum Gasteiger partial charge on any atom is -0.484 e. The number of urea groups is 1. The highest BCUT2D eigenvalue weighted by molar-refractivity contribution is 5.91. The fraction of sp³-hybridized carbons (Fsp3) is 0.424. The molecule has 9 heteroatoms. The number of nitrogens with one attached hydrogen (secondary N) is 4. The van der Waals surface area contributed by atoms with E-state index < -0.39 is 5.54 Å². The van der Waals surface area contributed by atoms with Crippen LogP contribution in [0.2, 0.25) is 0 Å². The van der Waals surface area contributed by atoms with Crippen LogP contribution in [-0.2, 0) is 5.41 Å². The van der Waals surface area contributed by atoms with Crippen molar-refractivity contribution in [3.05, 3.63) is 83.0 Å². The standard InChI is InChI=1S/C33H43N7O2/c1-32(2,3)21-17-22(34)19-23(18-21)37-31(41)38-27-12-13-28(26-10-7-6-9-25(26)27)42-24-11-14-29(35)40(20-24)30(36)33(4)15-8-16-39(33)5/h6-7,9-11,14,17-20,27-28,35-36H,8,12-13,15-16,34H2,1-5H3,(H2,37,38,41)/t27?,28?,33-/m0/s1. The number of hydrogen-bond donors (Lipinski definition) is 5. The topological polar surface area (TPSA) is 132 Å². The lowest BCUT2D eigenvalue weighted by atomic mass is 9.85. The van der Waals surface area contributed by atoms with Crippen LogP contribution in [0.25, 0.3) is 0 Å². The minimum absolute atomic E-state index is 0.0923. The van der Waals surface area contributed by atoms with Crippen molar-refractivity contribution in [1.29, 1.82) is 10.8 Å². The number of nitrogen functional groups attached to an aromatic ring is 1. The van der Waals surface area contributed by atoms with Gasteiger partial charge in [-0.15, -0.1) is 0 Å². The van der Waals surface area contributed by atoms with Gasteiger partial charge in [-0.2, -0.15) is 0 Å². The van der Waals surface area contributed by atoms with Crippen LogP contribution in [0.3, 0.4) is 0 Å². The highest BCUT2D eigenvalue weighted by Gasteiger charge is 2.39. The Balaban J connectivity index is 1.31. The normalized spacial score (nSPS) is 22.3. The number of nitrogens with zero attached hydrogens (tertiary/aromatic N) is 2. The summed E-state index contributed by atoms with van der Waals surface area (Å²) < 4.78 is 8.13. The lowest BCUT2D eigenvalue weighted by molar-refractivity contribution is 0.171. The first-order valence-electron chi connectivity index (χ1n) is 14.7. The SMILES string of the molecule is CN1CCC[C@@]1(C)C(=N)n1cc(OC2CCC(NC(=O)Nc3cc(N)cc(C(C)(C)C)c3)c3ccccc32)ccc1=N. The Kier molecular flexibility index (Phi) is 7.90. The van der Waals surface area contributed by atoms with Crippen molar-refractivity contribution in [3.8, 4) is 5.75 Å². The molecule has 1 aromatic heterocycles. The molecular weight excluding hydrogens is 526 g/mol. The Bertz CT molecular complexity index is 1560. The van der Waals surface area contributed by atoms with Gasteiger partial charge in [0.15, 0.2) is 0 Å². The molecule has 2 amide bonds. The second kappa shape index (κ2) is 11.3. The number of pyridine rings is 1. The zero-order valence-electron chi connectivity index (χ0n) is 25.3. The van der Waals surface area contributed by atoms with Gasteiger partial charge in [0, 0.05) is 11.4 Å². The summed E-state index contributed by atoms with van der Waals surface area (Å²) in [5.41, 5.74) is 10.2. The number of benzene rings is 2. The van der Waals surface area contributed by atoms with Gasteiger partial charge < -0.3 is 21.1 Å². The summed E-state index contributed by atoms with van der Waals surface area (Å²) in [6.45, 7) is 9.35. The van der Waals surface area contributed by atoms with Crippen LogP contribution in [0, 0.1) is 10.8 Å². The number of likely N-dealkylation sites (N-methyl/N-ethyl adjacent to an activating group) is 1. The molecule has 9 nitrogen and oxygen atoms in total. The number of nitrogens with two attached hydrogens (primary N) is 1. The Hall–Kier alpha value is -4.11. The average Bonchev–Trinajstić information content (AvgIpc) is 3.28. The zero-order chi connectivity index (χ0) is 30.2. The van der Waals surface area contributed by atoms with E-state index in [4.69, 9.17) is 21.3 Å². The monoisotopic (exact) mass is 569 g/mol. The summed E-state index contributed by atoms with van der Waals surface area (Å²) in [7, 11) is 2.04. The fourth-order valence-electron chi connectivity index (χ4n) is 6.06. The third-order valence-electron chi connectivity index (χ3n) is 8.77. The third-order valence-corrected chi connectivity index (χ3v) is 8.77. The van der Waals surface area contributed by atoms with Gasteiger partial charge in [-0.05, 0) is 98.6 Å². The van der Waals surface area contributed by atoms with E-state index in [-0.39, 0.29) is 29.1 Å². The second-order valence-corrected chi connectivity index (χ2v) is 12.8. The largest absolute Gasteiger partial charge is 0.484 e. The molecule has 1 fully saturated rings. The Morgan fingerprint density at radius 3 is 2.52 bits per heavy atom. The molecule has 0 bridgehead atoms. The molecule has 42 heavy (non-hydrogen) atoms. The predicted octanol–water partition coefficient (Wildman–Crippen LogP) is 5.93. The van der Waals surface area contributed by atoms with Gasteiger partial charge in [0.2, 0.25) is 0 Å². The number of carbonyl (C=O) groups is 1. The maximum Gasteiger partial charge on any atom is 0.319 e. The van der Waals surface area contributed by atoms with Gasteiger partial charge in [-0.25, -0.2) is 4.79 Å². The van der Waals surface area contributed by atoms with Crippen LogP contribution >= 0.6 is 0 Å². The number of fused-ring (bicyclic) bond motifs is 1. The lowest BCUT2D eigenvalue weighted by Gasteiger charge is -2.34. The van der Waals surface area contributed by atoms with Crippen LogP contribution in [-0.4, -0.2) is 40.5 Å². The number of likely N-dealkylation sites (tertiary alicyclic amines) is 1. The molecule has 0 radical (unpaired) electrons. The zero-order valence-corrected chi connectivity index (χ0v) is 25.3. The first-order valence-corrected chi connectivity index (χ1v) is 14.7. The predicted molar refractivity (Wildman–Crippen MR) is 167 cm³/mol. The summed E-state index contributed by atoms with van der Waals surface area (Å²) >= 11 is 0. The van der Waals surface area contributed by atoms with Crippen LogP contribution < -0.4 is 26.6 Å². The van der Waals surface area contributed by atoms with E-state index in [9.17, 15) is 4.79 Å². The van der Waals surface area contributed by atoms with Crippen molar-refractivity contribution in [2.24, 2.45) is 0 Å². The highest BCUT2D eigenvalue weighted by Crippen LogP contribution is 2.39. The van der Waals surface area contributed by atoms with Gasteiger partial charge in [-0.1, -0.05) is 45.0 Å². The molecule has 2 heterocycles. The number of carbonyl (C=O) groups excluding carboxylic acids is 1. The van der Waals surface area contributed by atoms with Gasteiger partial charge in [0.05, 0.1) is 17.8 Å². The van der Waals surface area contributed by atoms with Gasteiger partial charge >= 0.3 is 6.03 Å². The van der Waals surface area contributed by atoms with Crippen molar-refractivity contribution in [2.75, 3.05) is 24.6 Å². The van der Waals surface area contributed by atoms with E-state index in [1.165, 1.54) is 0 Å². The van der Waals surface area contributed by atoms with Gasteiger partial charge in [0.1, 0.15) is 23.2 Å². The number of anilines is 2.